The molecule has 0 atom stereocenters. The fourth-order valence-corrected chi connectivity index (χ4v) is 4.52. The molecule has 0 radical (unpaired) electrons. The maximum atomic E-state index is 12.8. The van der Waals surface area contributed by atoms with Gasteiger partial charge in [-0.05, 0) is 43.9 Å². The van der Waals surface area contributed by atoms with E-state index < -0.39 is 10.0 Å². The number of piperidine rings is 1. The van der Waals surface area contributed by atoms with E-state index >= 15 is 0 Å². The first-order chi connectivity index (χ1) is 13.0. The van der Waals surface area contributed by atoms with Gasteiger partial charge in [-0.1, -0.05) is 12.5 Å². The van der Waals surface area contributed by atoms with Crippen molar-refractivity contribution in [3.63, 3.8) is 0 Å². The Kier molecular flexibility index (Phi) is 8.69. The second kappa shape index (κ2) is 10.8. The van der Waals surface area contributed by atoms with Gasteiger partial charge < -0.3 is 14.8 Å². The Morgan fingerprint density at radius 1 is 1.15 bits per heavy atom. The number of benzene rings is 1. The summed E-state index contributed by atoms with van der Waals surface area (Å²) in [4.78, 5) is 12.7. The van der Waals surface area contributed by atoms with Gasteiger partial charge in [0.1, 0.15) is 0 Å². The molecule has 8 heteroatoms. The van der Waals surface area contributed by atoms with Crippen LogP contribution in [0.2, 0.25) is 0 Å². The summed E-state index contributed by atoms with van der Waals surface area (Å²) in [5.74, 6) is -0.264. The number of rotatable bonds is 10. The monoisotopic (exact) mass is 398 g/mol. The van der Waals surface area contributed by atoms with Gasteiger partial charge in [0.05, 0.1) is 18.1 Å². The molecule has 7 nitrogen and oxygen atoms in total. The highest BCUT2D eigenvalue weighted by atomic mass is 32.2. The molecule has 0 aliphatic carbocycles. The number of nitrogens with zero attached hydrogens (tertiary/aromatic N) is 1. The van der Waals surface area contributed by atoms with E-state index in [4.69, 9.17) is 9.47 Å². The molecule has 1 aliphatic heterocycles. The number of ether oxygens (including phenoxy) is 2. The lowest BCUT2D eigenvalue weighted by Gasteiger charge is -2.26. The molecule has 1 aromatic rings. The second-order valence-electron chi connectivity index (χ2n) is 6.66. The first-order valence-corrected chi connectivity index (χ1v) is 10.9. The van der Waals surface area contributed by atoms with E-state index in [-0.39, 0.29) is 10.8 Å². The molecule has 0 unspecified atom stereocenters. The van der Waals surface area contributed by atoms with Gasteiger partial charge >= 0.3 is 0 Å². The molecule has 1 amide bonds. The van der Waals surface area contributed by atoms with Crippen molar-refractivity contribution in [2.24, 2.45) is 0 Å². The lowest BCUT2D eigenvalue weighted by atomic mass is 10.1. The fraction of sp³-hybridized carbons (Fsp3) is 0.632. The zero-order valence-corrected chi connectivity index (χ0v) is 17.0. The van der Waals surface area contributed by atoms with Crippen LogP contribution in [-0.4, -0.2) is 65.2 Å². The van der Waals surface area contributed by atoms with Crippen LogP contribution in [0, 0.1) is 6.92 Å². The van der Waals surface area contributed by atoms with Crippen LogP contribution < -0.4 is 5.32 Å². The number of aryl methyl sites for hydroxylation is 1. The molecule has 1 fully saturated rings. The van der Waals surface area contributed by atoms with Crippen LogP contribution in [0.3, 0.4) is 0 Å². The molecular weight excluding hydrogens is 368 g/mol. The molecule has 0 aromatic heterocycles. The van der Waals surface area contributed by atoms with Gasteiger partial charge in [-0.15, -0.1) is 0 Å². The third-order valence-electron chi connectivity index (χ3n) is 4.59. The number of amides is 1. The predicted molar refractivity (Wildman–Crippen MR) is 103 cm³/mol. The molecule has 2 rings (SSSR count). The van der Waals surface area contributed by atoms with Gasteiger partial charge in [0.15, 0.2) is 0 Å². The Labute approximate surface area is 162 Å². The summed E-state index contributed by atoms with van der Waals surface area (Å²) in [6.45, 7) is 4.96. The van der Waals surface area contributed by atoms with Gasteiger partial charge in [-0.2, -0.15) is 4.31 Å². The van der Waals surface area contributed by atoms with Crippen LogP contribution in [0.15, 0.2) is 23.1 Å². The average molecular weight is 399 g/mol. The van der Waals surface area contributed by atoms with Crippen LogP contribution in [0.25, 0.3) is 0 Å². The van der Waals surface area contributed by atoms with Gasteiger partial charge in [0, 0.05) is 38.9 Å². The molecular formula is C19H30N2O5S. The van der Waals surface area contributed by atoms with Gasteiger partial charge in [0.2, 0.25) is 10.0 Å². The Morgan fingerprint density at radius 2 is 1.89 bits per heavy atom. The zero-order valence-electron chi connectivity index (χ0n) is 16.2. The summed E-state index contributed by atoms with van der Waals surface area (Å²) in [7, 11) is -1.93. The standard InChI is InChI=1S/C19H30N2O5S/c1-16-7-8-17(27(23,24)21-10-4-3-5-11-21)15-18(16)19(22)20-9-6-12-26-14-13-25-2/h7-8,15H,3-6,9-14H2,1-2H3,(H,20,22). The third-order valence-corrected chi connectivity index (χ3v) is 6.48. The van der Waals surface area contributed by atoms with E-state index in [9.17, 15) is 13.2 Å². The zero-order chi connectivity index (χ0) is 19.7. The third kappa shape index (κ3) is 6.27. The molecule has 1 saturated heterocycles. The van der Waals surface area contributed by atoms with E-state index in [0.717, 1.165) is 24.8 Å². The fourth-order valence-electron chi connectivity index (χ4n) is 2.98. The number of carbonyl (C=O) groups is 1. The van der Waals surface area contributed by atoms with Crippen molar-refractivity contribution >= 4 is 15.9 Å². The van der Waals surface area contributed by atoms with Crippen molar-refractivity contribution in [1.82, 2.24) is 9.62 Å². The van der Waals surface area contributed by atoms with Crippen LogP contribution in [-0.2, 0) is 19.5 Å². The molecule has 1 N–H and O–H groups in total. The van der Waals surface area contributed by atoms with E-state index in [1.165, 1.54) is 10.4 Å². The van der Waals surface area contributed by atoms with Crippen LogP contribution in [0.5, 0.6) is 0 Å². The molecule has 152 valence electrons. The van der Waals surface area contributed by atoms with Crippen molar-refractivity contribution < 1.29 is 22.7 Å². The van der Waals surface area contributed by atoms with E-state index in [2.05, 4.69) is 5.32 Å². The van der Waals surface area contributed by atoms with Crippen molar-refractivity contribution in [3.05, 3.63) is 29.3 Å². The maximum Gasteiger partial charge on any atom is 0.251 e. The number of nitrogens with one attached hydrogen (secondary N) is 1. The molecule has 0 saturated carbocycles. The highest BCUT2D eigenvalue weighted by Gasteiger charge is 2.27. The SMILES string of the molecule is COCCOCCCNC(=O)c1cc(S(=O)(=O)N2CCCCC2)ccc1C. The summed E-state index contributed by atoms with van der Waals surface area (Å²) in [5.41, 5.74) is 1.15. The summed E-state index contributed by atoms with van der Waals surface area (Å²) < 4.78 is 37.4. The highest BCUT2D eigenvalue weighted by Crippen LogP contribution is 2.22. The normalized spacial score (nSPS) is 15.6. The minimum absolute atomic E-state index is 0.183. The first kappa shape index (κ1) is 21.8. The smallest absolute Gasteiger partial charge is 0.251 e. The highest BCUT2D eigenvalue weighted by molar-refractivity contribution is 7.89. The summed E-state index contributed by atoms with van der Waals surface area (Å²) in [6.07, 6.45) is 3.50. The number of hydrogen-bond acceptors (Lipinski definition) is 5. The van der Waals surface area contributed by atoms with Crippen LogP contribution >= 0.6 is 0 Å². The number of methoxy groups -OCH3 is 1. The van der Waals surface area contributed by atoms with Crippen molar-refractivity contribution in [2.75, 3.05) is 46.6 Å². The largest absolute Gasteiger partial charge is 0.382 e. The molecule has 1 aliphatic rings. The van der Waals surface area contributed by atoms with E-state index in [1.807, 2.05) is 0 Å². The lowest BCUT2D eigenvalue weighted by molar-refractivity contribution is 0.0688. The number of carbonyl (C=O) groups excluding carboxylic acids is 1. The number of hydrogen-bond donors (Lipinski definition) is 1. The van der Waals surface area contributed by atoms with Crippen LogP contribution in [0.4, 0.5) is 0 Å². The Balaban J connectivity index is 1.96. The summed E-state index contributed by atoms with van der Waals surface area (Å²) >= 11 is 0. The van der Waals surface area contributed by atoms with E-state index in [0.29, 0.717) is 51.4 Å². The Bertz CT molecular complexity index is 715. The quantitative estimate of drug-likeness (QED) is 0.609. The number of sulfonamides is 1. The summed E-state index contributed by atoms with van der Waals surface area (Å²) in [5, 5.41) is 2.83. The second-order valence-corrected chi connectivity index (χ2v) is 8.59. The molecule has 1 aromatic carbocycles. The minimum atomic E-state index is -3.55. The van der Waals surface area contributed by atoms with Gasteiger partial charge in [-0.3, -0.25) is 4.79 Å². The minimum Gasteiger partial charge on any atom is -0.382 e. The Morgan fingerprint density at radius 3 is 2.59 bits per heavy atom. The predicted octanol–water partition coefficient (Wildman–Crippen LogP) is 1.95. The van der Waals surface area contributed by atoms with Crippen molar-refractivity contribution in [3.8, 4) is 0 Å². The molecule has 0 bridgehead atoms. The maximum absolute atomic E-state index is 12.8. The molecule has 1 heterocycles. The Hall–Kier alpha value is -1.48. The van der Waals surface area contributed by atoms with Crippen LogP contribution in [0.1, 0.15) is 41.6 Å². The van der Waals surface area contributed by atoms with Crippen molar-refractivity contribution in [1.29, 1.82) is 0 Å². The lowest BCUT2D eigenvalue weighted by Crippen LogP contribution is -2.35. The molecule has 27 heavy (non-hydrogen) atoms. The van der Waals surface area contributed by atoms with Gasteiger partial charge in [0.25, 0.3) is 5.91 Å². The molecule has 0 spiro atoms. The first-order valence-electron chi connectivity index (χ1n) is 9.42. The average Bonchev–Trinajstić information content (AvgIpc) is 2.68. The van der Waals surface area contributed by atoms with Gasteiger partial charge in [-0.25, -0.2) is 8.42 Å². The summed E-state index contributed by atoms with van der Waals surface area (Å²) in [6, 6.07) is 4.77. The topological polar surface area (TPSA) is 84.9 Å². The van der Waals surface area contributed by atoms with Crippen molar-refractivity contribution in [2.45, 2.75) is 37.5 Å². The van der Waals surface area contributed by atoms with E-state index in [1.54, 1.807) is 26.2 Å².